The number of hydrogen-bond acceptors (Lipinski definition) is 5. The van der Waals surface area contributed by atoms with Crippen LogP contribution < -0.4 is 10.7 Å². The zero-order valence-corrected chi connectivity index (χ0v) is 14.9. The van der Waals surface area contributed by atoms with Gasteiger partial charge in [-0.3, -0.25) is 4.79 Å². The number of furan rings is 1. The Morgan fingerprint density at radius 2 is 2.19 bits per heavy atom. The van der Waals surface area contributed by atoms with Crippen LogP contribution in [-0.2, 0) is 11.3 Å². The minimum Gasteiger partial charge on any atom is -0.464 e. The van der Waals surface area contributed by atoms with Crippen molar-refractivity contribution in [2.24, 2.45) is 5.92 Å². The van der Waals surface area contributed by atoms with Crippen LogP contribution in [0.4, 0.5) is 5.69 Å². The van der Waals surface area contributed by atoms with Crippen molar-refractivity contribution in [3.8, 4) is 11.3 Å². The molecule has 0 radical (unpaired) electrons. The van der Waals surface area contributed by atoms with Crippen molar-refractivity contribution in [3.05, 3.63) is 47.1 Å². The maximum atomic E-state index is 13.0. The van der Waals surface area contributed by atoms with Gasteiger partial charge in [-0.2, -0.15) is 0 Å². The maximum Gasteiger partial charge on any atom is 0.202 e. The predicted octanol–water partition coefficient (Wildman–Crippen LogP) is 3.51. The lowest BCUT2D eigenvalue weighted by Gasteiger charge is -2.22. The summed E-state index contributed by atoms with van der Waals surface area (Å²) in [6.07, 6.45) is 7.35. The van der Waals surface area contributed by atoms with Crippen LogP contribution in [0.25, 0.3) is 22.4 Å². The van der Waals surface area contributed by atoms with Gasteiger partial charge in [0.25, 0.3) is 0 Å². The first-order chi connectivity index (χ1) is 12.8. The van der Waals surface area contributed by atoms with E-state index in [1.54, 1.807) is 18.5 Å². The molecule has 1 fully saturated rings. The summed E-state index contributed by atoms with van der Waals surface area (Å²) < 4.78 is 12.8. The highest BCUT2D eigenvalue weighted by molar-refractivity contribution is 5.82. The molecule has 4 rings (SSSR count). The van der Waals surface area contributed by atoms with Crippen LogP contribution in [0.15, 0.2) is 46.1 Å². The lowest BCUT2D eigenvalue weighted by Crippen LogP contribution is -2.22. The van der Waals surface area contributed by atoms with Gasteiger partial charge < -0.3 is 19.0 Å². The van der Waals surface area contributed by atoms with E-state index in [0.717, 1.165) is 44.8 Å². The van der Waals surface area contributed by atoms with E-state index in [0.29, 0.717) is 28.3 Å². The first-order valence-electron chi connectivity index (χ1n) is 9.15. The van der Waals surface area contributed by atoms with Gasteiger partial charge in [0.1, 0.15) is 11.4 Å². The third kappa shape index (κ3) is 3.24. The lowest BCUT2D eigenvalue weighted by atomic mass is 10.0. The predicted molar refractivity (Wildman–Crippen MR) is 101 cm³/mol. The van der Waals surface area contributed by atoms with Crippen molar-refractivity contribution in [2.45, 2.75) is 26.3 Å². The molecule has 0 amide bonds. The second-order valence-electron chi connectivity index (χ2n) is 6.67. The summed E-state index contributed by atoms with van der Waals surface area (Å²) in [7, 11) is 0. The number of hydrogen-bond donors (Lipinski definition) is 1. The van der Waals surface area contributed by atoms with Crippen molar-refractivity contribution in [2.75, 3.05) is 25.1 Å². The molecule has 1 aliphatic heterocycles. The summed E-state index contributed by atoms with van der Waals surface area (Å²) in [5.41, 5.74) is 2.08. The normalized spacial score (nSPS) is 15.4. The summed E-state index contributed by atoms with van der Waals surface area (Å²) >= 11 is 0. The molecular weight excluding hydrogens is 330 g/mol. The molecule has 0 spiro atoms. The minimum absolute atomic E-state index is 0.0538. The number of ether oxygens (including phenoxy) is 1. The second-order valence-corrected chi connectivity index (χ2v) is 6.67. The van der Waals surface area contributed by atoms with Gasteiger partial charge in [-0.05, 0) is 43.9 Å². The third-order valence-corrected chi connectivity index (χ3v) is 4.98. The van der Waals surface area contributed by atoms with E-state index in [9.17, 15) is 4.79 Å². The van der Waals surface area contributed by atoms with Crippen molar-refractivity contribution < 1.29 is 9.15 Å². The number of aryl methyl sites for hydroxylation is 1. The zero-order chi connectivity index (χ0) is 17.9. The molecule has 1 saturated heterocycles. The number of fused-ring (bicyclic) bond motifs is 1. The molecule has 4 heterocycles. The van der Waals surface area contributed by atoms with E-state index in [1.165, 1.54) is 0 Å². The molecule has 6 nitrogen and oxygen atoms in total. The molecule has 6 heteroatoms. The molecule has 0 atom stereocenters. The fourth-order valence-electron chi connectivity index (χ4n) is 3.43. The average Bonchev–Trinajstić information content (AvgIpc) is 3.22. The van der Waals surface area contributed by atoms with Crippen molar-refractivity contribution >= 4 is 16.7 Å². The van der Waals surface area contributed by atoms with Gasteiger partial charge in [0.2, 0.25) is 5.43 Å². The van der Waals surface area contributed by atoms with E-state index >= 15 is 0 Å². The van der Waals surface area contributed by atoms with Crippen molar-refractivity contribution in [1.82, 2.24) is 9.55 Å². The summed E-state index contributed by atoms with van der Waals surface area (Å²) in [6.45, 7) is 5.30. The largest absolute Gasteiger partial charge is 0.464 e. The van der Waals surface area contributed by atoms with E-state index in [-0.39, 0.29) is 5.43 Å². The quantitative estimate of drug-likeness (QED) is 0.760. The monoisotopic (exact) mass is 353 g/mol. The fourth-order valence-corrected chi connectivity index (χ4v) is 3.43. The van der Waals surface area contributed by atoms with Gasteiger partial charge >= 0.3 is 0 Å². The average molecular weight is 353 g/mol. The Bertz CT molecular complexity index is 941. The van der Waals surface area contributed by atoms with Crippen LogP contribution >= 0.6 is 0 Å². The number of rotatable bonds is 5. The Labute approximate surface area is 151 Å². The minimum atomic E-state index is -0.0538. The Balaban J connectivity index is 1.69. The summed E-state index contributed by atoms with van der Waals surface area (Å²) in [5, 5.41) is 4.04. The lowest BCUT2D eigenvalue weighted by molar-refractivity contribution is 0.0699. The Hall–Kier alpha value is -2.60. The first kappa shape index (κ1) is 16.8. The molecule has 3 aromatic heterocycles. The highest BCUT2D eigenvalue weighted by Gasteiger charge is 2.16. The molecule has 3 aromatic rings. The van der Waals surface area contributed by atoms with Gasteiger partial charge in [-0.25, -0.2) is 4.98 Å². The fraction of sp³-hybridized carbons (Fsp3) is 0.400. The van der Waals surface area contributed by atoms with E-state index in [2.05, 4.69) is 10.3 Å². The molecule has 1 N–H and O–H groups in total. The smallest absolute Gasteiger partial charge is 0.202 e. The van der Waals surface area contributed by atoms with Crippen LogP contribution in [0, 0.1) is 5.92 Å². The maximum absolute atomic E-state index is 13.0. The van der Waals surface area contributed by atoms with E-state index in [1.807, 2.05) is 29.8 Å². The Kier molecular flexibility index (Phi) is 4.75. The van der Waals surface area contributed by atoms with E-state index in [4.69, 9.17) is 9.15 Å². The van der Waals surface area contributed by atoms with Crippen LogP contribution in [0.1, 0.15) is 19.8 Å². The molecule has 26 heavy (non-hydrogen) atoms. The van der Waals surface area contributed by atoms with E-state index < -0.39 is 0 Å². The molecule has 0 bridgehead atoms. The highest BCUT2D eigenvalue weighted by atomic mass is 16.5. The van der Waals surface area contributed by atoms with Gasteiger partial charge in [-0.1, -0.05) is 0 Å². The molecule has 0 saturated carbocycles. The van der Waals surface area contributed by atoms with Crippen LogP contribution in [-0.4, -0.2) is 29.3 Å². The van der Waals surface area contributed by atoms with Crippen molar-refractivity contribution in [3.63, 3.8) is 0 Å². The summed E-state index contributed by atoms with van der Waals surface area (Å²) in [4.78, 5) is 17.5. The van der Waals surface area contributed by atoms with Gasteiger partial charge in [-0.15, -0.1) is 0 Å². The molecule has 1 aliphatic rings. The third-order valence-electron chi connectivity index (χ3n) is 4.98. The van der Waals surface area contributed by atoms with Gasteiger partial charge in [0.15, 0.2) is 0 Å². The summed E-state index contributed by atoms with van der Waals surface area (Å²) in [5.74, 6) is 1.18. The number of nitrogens with one attached hydrogen (secondary N) is 1. The molecule has 0 aromatic carbocycles. The van der Waals surface area contributed by atoms with Crippen LogP contribution in [0.5, 0.6) is 0 Å². The van der Waals surface area contributed by atoms with Crippen LogP contribution in [0.2, 0.25) is 0 Å². The van der Waals surface area contributed by atoms with Crippen LogP contribution in [0.3, 0.4) is 0 Å². The molecule has 0 aliphatic carbocycles. The highest BCUT2D eigenvalue weighted by Crippen LogP contribution is 2.22. The Morgan fingerprint density at radius 3 is 2.92 bits per heavy atom. The van der Waals surface area contributed by atoms with Gasteiger partial charge in [0.05, 0.1) is 29.1 Å². The number of nitrogens with zero attached hydrogens (tertiary/aromatic N) is 2. The first-order valence-corrected chi connectivity index (χ1v) is 9.15. The van der Waals surface area contributed by atoms with Crippen molar-refractivity contribution in [1.29, 1.82) is 0 Å². The number of pyridine rings is 2. The SMILES string of the molecule is CCn1cc(-c2ccco2)c(=O)c2cc(NCC3CCOCC3)cnc21. The molecular formula is C20H23N3O3. The Morgan fingerprint density at radius 1 is 1.35 bits per heavy atom. The standard InChI is InChI=1S/C20H23N3O3/c1-2-23-13-17(18-4-3-7-26-18)19(24)16-10-15(12-22-20(16)23)21-11-14-5-8-25-9-6-14/h3-4,7,10,12-14,21H,2,5-6,8-9,11H2,1H3. The number of anilines is 1. The zero-order valence-electron chi connectivity index (χ0n) is 14.9. The summed E-state index contributed by atoms with van der Waals surface area (Å²) in [6, 6.07) is 5.51. The topological polar surface area (TPSA) is 69.3 Å². The molecule has 0 unspecified atom stereocenters. The molecule has 136 valence electrons. The van der Waals surface area contributed by atoms with Gasteiger partial charge in [0, 0.05) is 32.5 Å². The second kappa shape index (κ2) is 7.33. The number of aromatic nitrogens is 2.